The van der Waals surface area contributed by atoms with Gasteiger partial charge in [0.15, 0.2) is 0 Å². The van der Waals surface area contributed by atoms with Gasteiger partial charge in [-0.1, -0.05) is 19.8 Å². The predicted molar refractivity (Wildman–Crippen MR) is 57.3 cm³/mol. The van der Waals surface area contributed by atoms with E-state index in [0.29, 0.717) is 6.42 Å². The lowest BCUT2D eigenvalue weighted by atomic mass is 10.2. The molecule has 0 amide bonds. The summed E-state index contributed by atoms with van der Waals surface area (Å²) in [4.78, 5) is 10.7. The Morgan fingerprint density at radius 2 is 2.12 bits per heavy atom. The van der Waals surface area contributed by atoms with Crippen LogP contribution in [0.2, 0.25) is 0 Å². The monoisotopic (exact) mass is 230 g/mol. The van der Waals surface area contributed by atoms with E-state index in [2.05, 4.69) is 4.74 Å². The second-order valence-electron chi connectivity index (χ2n) is 3.78. The first-order valence-electron chi connectivity index (χ1n) is 5.42. The minimum absolute atomic E-state index is 0.0194. The molecule has 0 spiro atoms. The molecule has 0 atom stereocenters. The number of ether oxygens (including phenoxy) is 1. The van der Waals surface area contributed by atoms with Crippen LogP contribution in [0.25, 0.3) is 0 Å². The molecule has 0 saturated carbocycles. The Bertz CT molecular complexity index is 330. The van der Waals surface area contributed by atoms with E-state index >= 15 is 0 Å². The quantitative estimate of drug-likeness (QED) is 0.398. The van der Waals surface area contributed by atoms with Crippen LogP contribution in [-0.2, 0) is 9.53 Å². The van der Waals surface area contributed by atoms with Crippen molar-refractivity contribution in [2.24, 2.45) is 0 Å². The number of carbonyl (C=O) groups is 1. The summed E-state index contributed by atoms with van der Waals surface area (Å²) < 4.78 is 30.7. The Morgan fingerprint density at radius 3 is 2.69 bits per heavy atom. The van der Waals surface area contributed by atoms with Gasteiger partial charge in [0.05, 0.1) is 7.11 Å². The van der Waals surface area contributed by atoms with Crippen LogP contribution in [0.4, 0.5) is 8.78 Å². The third-order valence-electron chi connectivity index (χ3n) is 2.60. The van der Waals surface area contributed by atoms with Crippen LogP contribution in [0.1, 0.15) is 32.6 Å². The molecule has 0 aliphatic heterocycles. The van der Waals surface area contributed by atoms with Gasteiger partial charge in [-0.3, -0.25) is 0 Å². The zero-order valence-electron chi connectivity index (χ0n) is 9.56. The fraction of sp³-hybridized carbons (Fsp3) is 0.583. The zero-order chi connectivity index (χ0) is 12.2. The molecule has 2 nitrogen and oxygen atoms in total. The largest absolute Gasteiger partial charge is 0.466 e. The van der Waals surface area contributed by atoms with Gasteiger partial charge in [-0.15, -0.1) is 0 Å². The van der Waals surface area contributed by atoms with E-state index in [9.17, 15) is 13.6 Å². The van der Waals surface area contributed by atoms with Crippen molar-refractivity contribution in [2.75, 3.05) is 7.11 Å². The molecule has 4 heteroatoms. The maximum absolute atomic E-state index is 13.2. The van der Waals surface area contributed by atoms with Gasteiger partial charge in [0.1, 0.15) is 0 Å². The first kappa shape index (κ1) is 12.9. The van der Waals surface area contributed by atoms with E-state index in [0.717, 1.165) is 31.4 Å². The number of unbranched alkanes of at least 4 members (excludes halogenated alkanes) is 2. The van der Waals surface area contributed by atoms with Crippen LogP contribution in [0.15, 0.2) is 23.3 Å². The van der Waals surface area contributed by atoms with Crippen molar-refractivity contribution >= 4 is 5.97 Å². The second kappa shape index (κ2) is 5.23. The number of methoxy groups -OCH3 is 1. The Morgan fingerprint density at radius 1 is 1.44 bits per heavy atom. The highest BCUT2D eigenvalue weighted by Gasteiger charge is 2.53. The first-order chi connectivity index (χ1) is 7.54. The van der Waals surface area contributed by atoms with Gasteiger partial charge in [0.2, 0.25) is 0 Å². The van der Waals surface area contributed by atoms with Crippen LogP contribution in [0.3, 0.4) is 0 Å². The Kier molecular flexibility index (Phi) is 4.21. The van der Waals surface area contributed by atoms with Crippen molar-refractivity contribution < 1.29 is 18.3 Å². The molecule has 0 aromatic heterocycles. The van der Waals surface area contributed by atoms with E-state index in [4.69, 9.17) is 0 Å². The van der Waals surface area contributed by atoms with E-state index in [-0.39, 0.29) is 11.1 Å². The highest BCUT2D eigenvalue weighted by Crippen LogP contribution is 2.52. The van der Waals surface area contributed by atoms with E-state index in [1.54, 1.807) is 0 Å². The molecule has 0 aromatic rings. The van der Waals surface area contributed by atoms with Gasteiger partial charge < -0.3 is 4.74 Å². The van der Waals surface area contributed by atoms with Crippen molar-refractivity contribution in [2.45, 2.75) is 38.5 Å². The second-order valence-corrected chi connectivity index (χ2v) is 3.78. The minimum Gasteiger partial charge on any atom is -0.466 e. The summed E-state index contributed by atoms with van der Waals surface area (Å²) in [5.41, 5.74) is 0.148. The minimum atomic E-state index is -2.79. The molecular weight excluding hydrogens is 214 g/mol. The standard InChI is InChI=1S/C12H16F2O2/c1-3-4-5-6-9-10(12(9,13)14)7-8-11(15)16-2/h7-8H,3-6H2,1-2H3/b8-7+. The lowest BCUT2D eigenvalue weighted by Crippen LogP contribution is -1.98. The van der Waals surface area contributed by atoms with Gasteiger partial charge in [0, 0.05) is 17.2 Å². The summed E-state index contributed by atoms with van der Waals surface area (Å²) in [6, 6.07) is 0. The molecule has 0 N–H and O–H groups in total. The Hall–Kier alpha value is -1.19. The summed E-state index contributed by atoms with van der Waals surface area (Å²) in [7, 11) is 1.22. The van der Waals surface area contributed by atoms with Gasteiger partial charge >= 0.3 is 5.97 Å². The maximum Gasteiger partial charge on any atom is 0.330 e. The normalized spacial score (nSPS) is 18.0. The number of allylic oxidation sites excluding steroid dienone is 3. The summed E-state index contributed by atoms with van der Waals surface area (Å²) in [5.74, 6) is -3.40. The fourth-order valence-electron chi connectivity index (χ4n) is 1.57. The van der Waals surface area contributed by atoms with Crippen LogP contribution >= 0.6 is 0 Å². The van der Waals surface area contributed by atoms with Crippen LogP contribution in [0.5, 0.6) is 0 Å². The number of carbonyl (C=O) groups excluding carboxylic acids is 1. The molecule has 1 rings (SSSR count). The van der Waals surface area contributed by atoms with Crippen LogP contribution in [0, 0.1) is 0 Å². The summed E-state index contributed by atoms with van der Waals surface area (Å²) in [6.07, 6.45) is 5.35. The van der Waals surface area contributed by atoms with Crippen molar-refractivity contribution in [1.82, 2.24) is 0 Å². The van der Waals surface area contributed by atoms with E-state index in [1.165, 1.54) is 7.11 Å². The fourth-order valence-corrected chi connectivity index (χ4v) is 1.57. The highest BCUT2D eigenvalue weighted by atomic mass is 19.3. The number of hydrogen-bond donors (Lipinski definition) is 0. The number of alkyl halides is 2. The lowest BCUT2D eigenvalue weighted by Gasteiger charge is -1.96. The van der Waals surface area contributed by atoms with Gasteiger partial charge in [-0.05, 0) is 18.9 Å². The van der Waals surface area contributed by atoms with E-state index < -0.39 is 11.9 Å². The van der Waals surface area contributed by atoms with Gasteiger partial charge in [0.25, 0.3) is 5.92 Å². The predicted octanol–water partition coefficient (Wildman–Crippen LogP) is 3.24. The molecule has 0 bridgehead atoms. The average Bonchev–Trinajstić information content (AvgIpc) is 2.77. The Balaban J connectivity index is 2.51. The summed E-state index contributed by atoms with van der Waals surface area (Å²) >= 11 is 0. The van der Waals surface area contributed by atoms with Crippen molar-refractivity contribution in [3.63, 3.8) is 0 Å². The van der Waals surface area contributed by atoms with Crippen molar-refractivity contribution in [1.29, 1.82) is 0 Å². The van der Waals surface area contributed by atoms with Crippen LogP contribution < -0.4 is 0 Å². The third kappa shape index (κ3) is 2.90. The molecule has 0 radical (unpaired) electrons. The van der Waals surface area contributed by atoms with Crippen molar-refractivity contribution in [3.8, 4) is 0 Å². The van der Waals surface area contributed by atoms with Gasteiger partial charge in [-0.25, -0.2) is 4.79 Å². The number of rotatable bonds is 6. The van der Waals surface area contributed by atoms with Crippen LogP contribution in [-0.4, -0.2) is 19.0 Å². The molecule has 0 heterocycles. The first-order valence-corrected chi connectivity index (χ1v) is 5.42. The molecule has 1 aliphatic carbocycles. The molecule has 1 aliphatic rings. The maximum atomic E-state index is 13.2. The molecule has 0 saturated heterocycles. The molecule has 0 aromatic carbocycles. The molecule has 16 heavy (non-hydrogen) atoms. The smallest absolute Gasteiger partial charge is 0.330 e. The molecule has 0 fully saturated rings. The molecule has 0 unspecified atom stereocenters. The van der Waals surface area contributed by atoms with E-state index in [1.807, 2.05) is 6.92 Å². The number of esters is 1. The summed E-state index contributed by atoms with van der Waals surface area (Å²) in [5, 5.41) is 0. The lowest BCUT2D eigenvalue weighted by molar-refractivity contribution is -0.134. The topological polar surface area (TPSA) is 26.3 Å². The molecular formula is C12H16F2O2. The SMILES string of the molecule is CCCCCC1=C(/C=C/C(=O)OC)C1(F)F. The zero-order valence-corrected chi connectivity index (χ0v) is 9.56. The molecule has 90 valence electrons. The third-order valence-corrected chi connectivity index (χ3v) is 2.60. The van der Waals surface area contributed by atoms with Gasteiger partial charge in [-0.2, -0.15) is 8.78 Å². The summed E-state index contributed by atoms with van der Waals surface area (Å²) in [6.45, 7) is 2.03. The Labute approximate surface area is 94.0 Å². The number of halogens is 2. The average molecular weight is 230 g/mol. The highest BCUT2D eigenvalue weighted by molar-refractivity contribution is 5.83. The van der Waals surface area contributed by atoms with Crippen molar-refractivity contribution in [3.05, 3.63) is 23.3 Å². The number of hydrogen-bond acceptors (Lipinski definition) is 2.